The second-order valence-corrected chi connectivity index (χ2v) is 6.35. The highest BCUT2D eigenvalue weighted by atomic mass is 16.5. The first-order chi connectivity index (χ1) is 12.7. The Kier molecular flexibility index (Phi) is 5.84. The van der Waals surface area contributed by atoms with E-state index in [0.29, 0.717) is 18.4 Å². The largest absolute Gasteiger partial charge is 0.457 e. The number of hydrogen-bond donors (Lipinski definition) is 1. The average Bonchev–Trinajstić information content (AvgIpc) is 3.09. The molecule has 1 N–H and O–H groups in total. The summed E-state index contributed by atoms with van der Waals surface area (Å²) in [5.41, 5.74) is 4.05. The quantitative estimate of drug-likeness (QED) is 0.482. The number of carbonyl (C=O) groups excluding carboxylic acids is 2. The lowest BCUT2D eigenvalue weighted by Crippen LogP contribution is -2.14. The Labute approximate surface area is 153 Å². The summed E-state index contributed by atoms with van der Waals surface area (Å²) < 4.78 is 5.13. The minimum atomic E-state index is -0.330. The minimum absolute atomic E-state index is 0.169. The fraction of sp³-hybridized carbons (Fsp3) is 0.273. The lowest BCUT2D eigenvalue weighted by Gasteiger charge is -2.05. The van der Waals surface area contributed by atoms with Crippen LogP contribution in [-0.4, -0.2) is 23.3 Å². The molecule has 0 fully saturated rings. The highest BCUT2D eigenvalue weighted by Crippen LogP contribution is 2.19. The van der Waals surface area contributed by atoms with Gasteiger partial charge in [-0.25, -0.2) is 0 Å². The molecule has 0 radical (unpaired) electrons. The van der Waals surface area contributed by atoms with Gasteiger partial charge < -0.3 is 9.72 Å². The molecule has 1 heterocycles. The molecule has 0 atom stereocenters. The lowest BCUT2D eigenvalue weighted by atomic mass is 10.1. The summed E-state index contributed by atoms with van der Waals surface area (Å²) in [6.45, 7) is 1.87. The molecule has 0 amide bonds. The van der Waals surface area contributed by atoms with Crippen molar-refractivity contribution in [1.82, 2.24) is 4.98 Å². The predicted molar refractivity (Wildman–Crippen MR) is 102 cm³/mol. The number of nitrogens with one attached hydrogen (secondary N) is 1. The van der Waals surface area contributed by atoms with Gasteiger partial charge in [0.2, 0.25) is 0 Å². The van der Waals surface area contributed by atoms with E-state index < -0.39 is 0 Å². The van der Waals surface area contributed by atoms with Crippen LogP contribution in [0, 0.1) is 0 Å². The molecule has 0 unspecified atom stereocenters. The molecular formula is C22H23NO3. The second-order valence-electron chi connectivity index (χ2n) is 6.35. The number of Topliss-reactive ketones (excluding diaryl/α,β-unsaturated/α-hetero) is 1. The fourth-order valence-corrected chi connectivity index (χ4v) is 2.99. The Hall–Kier alpha value is -2.88. The maximum atomic E-state index is 12.1. The number of aromatic nitrogens is 1. The standard InChI is InChI=1S/C22H23NO3/c1-2-16-10-12-17(13-11-16)21(24)15-26-22(25)9-5-6-18-14-23-20-8-4-3-7-19(18)20/h3-4,7-8,10-14,23H,2,5-6,9,15H2,1H3. The van der Waals surface area contributed by atoms with Crippen LogP contribution in [0.15, 0.2) is 54.7 Å². The third kappa shape index (κ3) is 4.39. The molecule has 134 valence electrons. The van der Waals surface area contributed by atoms with Gasteiger partial charge in [-0.2, -0.15) is 0 Å². The first-order valence-electron chi connectivity index (χ1n) is 9.00. The van der Waals surface area contributed by atoms with Crippen LogP contribution >= 0.6 is 0 Å². The molecule has 0 bridgehead atoms. The normalized spacial score (nSPS) is 10.8. The van der Waals surface area contributed by atoms with Crippen molar-refractivity contribution >= 4 is 22.7 Å². The number of H-pyrrole nitrogens is 1. The van der Waals surface area contributed by atoms with E-state index in [4.69, 9.17) is 4.74 Å². The number of hydrogen-bond acceptors (Lipinski definition) is 3. The molecule has 4 nitrogen and oxygen atoms in total. The van der Waals surface area contributed by atoms with Gasteiger partial charge in [0.25, 0.3) is 0 Å². The summed E-state index contributed by atoms with van der Waals surface area (Å²) in [5, 5.41) is 1.19. The van der Waals surface area contributed by atoms with Crippen molar-refractivity contribution in [3.8, 4) is 0 Å². The summed E-state index contributed by atoms with van der Waals surface area (Å²) in [7, 11) is 0. The third-order valence-electron chi connectivity index (χ3n) is 4.55. The number of fused-ring (bicyclic) bond motifs is 1. The van der Waals surface area contributed by atoms with Crippen LogP contribution in [0.1, 0.15) is 41.3 Å². The van der Waals surface area contributed by atoms with Crippen LogP contribution in [0.2, 0.25) is 0 Å². The highest BCUT2D eigenvalue weighted by molar-refractivity contribution is 5.97. The number of rotatable bonds is 8. The number of benzene rings is 2. The van der Waals surface area contributed by atoms with E-state index in [9.17, 15) is 9.59 Å². The van der Waals surface area contributed by atoms with Crippen molar-refractivity contribution < 1.29 is 14.3 Å². The van der Waals surface area contributed by atoms with Gasteiger partial charge in [-0.05, 0) is 36.5 Å². The zero-order valence-electron chi connectivity index (χ0n) is 15.0. The van der Waals surface area contributed by atoms with Gasteiger partial charge in [0.1, 0.15) is 0 Å². The molecular weight excluding hydrogens is 326 g/mol. The van der Waals surface area contributed by atoms with E-state index in [-0.39, 0.29) is 18.4 Å². The van der Waals surface area contributed by atoms with Gasteiger partial charge in [-0.15, -0.1) is 0 Å². The van der Waals surface area contributed by atoms with Crippen LogP contribution in [0.5, 0.6) is 0 Å². The zero-order chi connectivity index (χ0) is 18.4. The highest BCUT2D eigenvalue weighted by Gasteiger charge is 2.10. The molecule has 0 saturated carbocycles. The Balaban J connectivity index is 1.43. The fourth-order valence-electron chi connectivity index (χ4n) is 2.99. The molecule has 0 spiro atoms. The summed E-state index contributed by atoms with van der Waals surface area (Å²) in [6.07, 6.45) is 4.71. The first-order valence-corrected chi connectivity index (χ1v) is 9.00. The smallest absolute Gasteiger partial charge is 0.306 e. The van der Waals surface area contributed by atoms with Gasteiger partial charge in [-0.1, -0.05) is 49.4 Å². The first kappa shape index (κ1) is 17.9. The topological polar surface area (TPSA) is 59.2 Å². The number of aromatic amines is 1. The van der Waals surface area contributed by atoms with Crippen molar-refractivity contribution in [3.05, 3.63) is 71.4 Å². The molecule has 3 rings (SSSR count). The maximum Gasteiger partial charge on any atom is 0.306 e. The Morgan fingerprint density at radius 3 is 2.58 bits per heavy atom. The van der Waals surface area contributed by atoms with E-state index in [1.807, 2.05) is 36.5 Å². The monoisotopic (exact) mass is 349 g/mol. The van der Waals surface area contributed by atoms with Crippen LogP contribution in [-0.2, 0) is 22.4 Å². The summed E-state index contributed by atoms with van der Waals surface area (Å²) in [5.74, 6) is -0.499. The molecule has 0 aliphatic rings. The molecule has 3 aromatic rings. The number of ether oxygens (including phenoxy) is 1. The van der Waals surface area contributed by atoms with Crippen LogP contribution < -0.4 is 0 Å². The summed E-state index contributed by atoms with van der Waals surface area (Å²) in [4.78, 5) is 27.2. The molecule has 2 aromatic carbocycles. The molecule has 26 heavy (non-hydrogen) atoms. The van der Waals surface area contributed by atoms with Gasteiger partial charge in [0.15, 0.2) is 12.4 Å². The van der Waals surface area contributed by atoms with E-state index in [2.05, 4.69) is 18.0 Å². The average molecular weight is 349 g/mol. The summed E-state index contributed by atoms with van der Waals surface area (Å²) >= 11 is 0. The van der Waals surface area contributed by atoms with Crippen LogP contribution in [0.25, 0.3) is 10.9 Å². The van der Waals surface area contributed by atoms with Gasteiger partial charge in [0, 0.05) is 29.1 Å². The van der Waals surface area contributed by atoms with E-state index in [1.165, 1.54) is 16.5 Å². The number of aryl methyl sites for hydroxylation is 2. The maximum absolute atomic E-state index is 12.1. The van der Waals surface area contributed by atoms with Crippen molar-refractivity contribution in [3.63, 3.8) is 0 Å². The van der Waals surface area contributed by atoms with E-state index in [0.717, 1.165) is 18.4 Å². The minimum Gasteiger partial charge on any atom is -0.457 e. The number of esters is 1. The summed E-state index contributed by atoms with van der Waals surface area (Å²) in [6, 6.07) is 15.5. The van der Waals surface area contributed by atoms with Crippen LogP contribution in [0.3, 0.4) is 0 Å². The second kappa shape index (κ2) is 8.48. The Morgan fingerprint density at radius 1 is 1.04 bits per heavy atom. The number of para-hydroxylation sites is 1. The van der Waals surface area contributed by atoms with Gasteiger partial charge in [-0.3, -0.25) is 9.59 Å². The molecule has 4 heteroatoms. The molecule has 1 aromatic heterocycles. The third-order valence-corrected chi connectivity index (χ3v) is 4.55. The van der Waals surface area contributed by atoms with Crippen molar-refractivity contribution in [1.29, 1.82) is 0 Å². The number of carbonyl (C=O) groups is 2. The Bertz CT molecular complexity index is 893. The van der Waals surface area contributed by atoms with E-state index in [1.54, 1.807) is 12.1 Å². The lowest BCUT2D eigenvalue weighted by molar-refractivity contribution is -0.142. The van der Waals surface area contributed by atoms with Crippen LogP contribution in [0.4, 0.5) is 0 Å². The predicted octanol–water partition coefficient (Wildman–Crippen LogP) is 4.48. The zero-order valence-corrected chi connectivity index (χ0v) is 15.0. The van der Waals surface area contributed by atoms with Gasteiger partial charge >= 0.3 is 5.97 Å². The van der Waals surface area contributed by atoms with Gasteiger partial charge in [0.05, 0.1) is 0 Å². The van der Waals surface area contributed by atoms with Crippen molar-refractivity contribution in [2.24, 2.45) is 0 Å². The van der Waals surface area contributed by atoms with E-state index >= 15 is 0 Å². The molecule has 0 aliphatic heterocycles. The van der Waals surface area contributed by atoms with Crippen molar-refractivity contribution in [2.75, 3.05) is 6.61 Å². The van der Waals surface area contributed by atoms with Crippen molar-refractivity contribution in [2.45, 2.75) is 32.6 Å². The molecule has 0 aliphatic carbocycles. The number of ketones is 1. The molecule has 0 saturated heterocycles. The Morgan fingerprint density at radius 2 is 1.81 bits per heavy atom. The SMILES string of the molecule is CCc1ccc(C(=O)COC(=O)CCCc2c[nH]c3ccccc23)cc1.